The Labute approximate surface area is 150 Å². The summed E-state index contributed by atoms with van der Waals surface area (Å²) < 4.78 is 67.6. The van der Waals surface area contributed by atoms with Crippen LogP contribution in [0.25, 0.3) is 16.6 Å². The van der Waals surface area contributed by atoms with Crippen molar-refractivity contribution in [3.63, 3.8) is 0 Å². The summed E-state index contributed by atoms with van der Waals surface area (Å²) in [6.45, 7) is 1.48. The first-order valence-corrected chi connectivity index (χ1v) is 7.89. The van der Waals surface area contributed by atoms with Crippen molar-refractivity contribution in [2.75, 3.05) is 0 Å². The molecule has 9 heteroatoms. The van der Waals surface area contributed by atoms with E-state index in [1.165, 1.54) is 19.1 Å². The van der Waals surface area contributed by atoms with Gasteiger partial charge in [-0.15, -0.1) is 0 Å². The Morgan fingerprint density at radius 1 is 1.04 bits per heavy atom. The predicted octanol–water partition coefficient (Wildman–Crippen LogP) is 4.42. The molecule has 0 aliphatic rings. The first kappa shape index (κ1) is 19.0. The van der Waals surface area contributed by atoms with E-state index in [1.54, 1.807) is 0 Å². The second kappa shape index (κ2) is 7.07. The standard InChI is InChI=1S/C18H14F5N3O/c1-8(24)17-25-13-4-2-3-12(19)14(13)18(27)26(17)11-6-9(15(20)21)5-10(7-11)16(22)23/h2-8,15-16H,24H2,1H3. The van der Waals surface area contributed by atoms with E-state index in [0.29, 0.717) is 6.07 Å². The average molecular weight is 383 g/mol. The van der Waals surface area contributed by atoms with E-state index in [0.717, 1.165) is 22.8 Å². The van der Waals surface area contributed by atoms with Crippen molar-refractivity contribution in [3.8, 4) is 5.69 Å². The Kier molecular flexibility index (Phi) is 4.97. The fourth-order valence-electron chi connectivity index (χ4n) is 2.80. The van der Waals surface area contributed by atoms with Crippen molar-refractivity contribution in [1.82, 2.24) is 9.55 Å². The molecule has 0 saturated carbocycles. The molecule has 1 unspecified atom stereocenters. The van der Waals surface area contributed by atoms with E-state index in [-0.39, 0.29) is 22.4 Å². The number of fused-ring (bicyclic) bond motifs is 1. The Hall–Kier alpha value is -2.81. The third kappa shape index (κ3) is 3.42. The van der Waals surface area contributed by atoms with E-state index in [4.69, 9.17) is 5.73 Å². The number of nitrogens with zero attached hydrogens (tertiary/aromatic N) is 2. The number of hydrogen-bond donors (Lipinski definition) is 1. The summed E-state index contributed by atoms with van der Waals surface area (Å²) >= 11 is 0. The lowest BCUT2D eigenvalue weighted by Crippen LogP contribution is -2.28. The van der Waals surface area contributed by atoms with Crippen LogP contribution in [0.4, 0.5) is 22.0 Å². The van der Waals surface area contributed by atoms with Crippen molar-refractivity contribution in [2.45, 2.75) is 25.8 Å². The minimum Gasteiger partial charge on any atom is -0.322 e. The van der Waals surface area contributed by atoms with Gasteiger partial charge in [-0.3, -0.25) is 9.36 Å². The second-order valence-corrected chi connectivity index (χ2v) is 5.99. The molecule has 3 aromatic rings. The fraction of sp³-hybridized carbons (Fsp3) is 0.222. The Morgan fingerprint density at radius 2 is 1.63 bits per heavy atom. The van der Waals surface area contributed by atoms with E-state index in [1.807, 2.05) is 0 Å². The van der Waals surface area contributed by atoms with Crippen molar-refractivity contribution in [2.24, 2.45) is 5.73 Å². The number of hydrogen-bond acceptors (Lipinski definition) is 3. The highest BCUT2D eigenvalue weighted by Gasteiger charge is 2.21. The molecule has 0 aliphatic carbocycles. The molecule has 4 nitrogen and oxygen atoms in total. The predicted molar refractivity (Wildman–Crippen MR) is 89.8 cm³/mol. The van der Waals surface area contributed by atoms with Crippen LogP contribution in [0.5, 0.6) is 0 Å². The molecule has 0 radical (unpaired) electrons. The number of nitrogens with two attached hydrogens (primary N) is 1. The molecule has 1 heterocycles. The van der Waals surface area contributed by atoms with Crippen molar-refractivity contribution in [3.05, 3.63) is 69.5 Å². The molecule has 142 valence electrons. The van der Waals surface area contributed by atoms with Crippen molar-refractivity contribution >= 4 is 10.9 Å². The third-order valence-corrected chi connectivity index (χ3v) is 4.00. The van der Waals surface area contributed by atoms with Crippen LogP contribution in [0.3, 0.4) is 0 Å². The van der Waals surface area contributed by atoms with Gasteiger partial charge in [0.25, 0.3) is 18.4 Å². The molecule has 27 heavy (non-hydrogen) atoms. The number of halogens is 5. The summed E-state index contributed by atoms with van der Waals surface area (Å²) in [5, 5.41) is -0.386. The van der Waals surface area contributed by atoms with Gasteiger partial charge in [-0.1, -0.05) is 6.07 Å². The monoisotopic (exact) mass is 383 g/mol. The van der Waals surface area contributed by atoms with E-state index in [2.05, 4.69) is 4.98 Å². The minimum absolute atomic E-state index is 0.0302. The first-order valence-electron chi connectivity index (χ1n) is 7.89. The zero-order valence-electron chi connectivity index (χ0n) is 14.0. The number of rotatable bonds is 4. The fourth-order valence-corrected chi connectivity index (χ4v) is 2.80. The Balaban J connectivity index is 2.43. The topological polar surface area (TPSA) is 60.9 Å². The van der Waals surface area contributed by atoms with E-state index < -0.39 is 41.4 Å². The summed E-state index contributed by atoms with van der Waals surface area (Å²) in [6.07, 6.45) is -6.08. The second-order valence-electron chi connectivity index (χ2n) is 5.99. The molecular weight excluding hydrogens is 369 g/mol. The summed E-state index contributed by atoms with van der Waals surface area (Å²) in [7, 11) is 0. The van der Waals surface area contributed by atoms with Gasteiger partial charge in [-0.25, -0.2) is 26.9 Å². The lowest BCUT2D eigenvalue weighted by molar-refractivity contribution is 0.144. The largest absolute Gasteiger partial charge is 0.322 e. The molecule has 1 atom stereocenters. The van der Waals surface area contributed by atoms with Gasteiger partial charge in [0.2, 0.25) is 0 Å². The lowest BCUT2D eigenvalue weighted by Gasteiger charge is -2.18. The number of benzene rings is 2. The highest BCUT2D eigenvalue weighted by molar-refractivity contribution is 5.78. The van der Waals surface area contributed by atoms with Gasteiger partial charge in [0.05, 0.1) is 17.2 Å². The lowest BCUT2D eigenvalue weighted by atomic mass is 10.1. The molecule has 0 saturated heterocycles. The van der Waals surface area contributed by atoms with Crippen molar-refractivity contribution < 1.29 is 22.0 Å². The van der Waals surface area contributed by atoms with Gasteiger partial charge in [-0.2, -0.15) is 0 Å². The molecule has 0 fully saturated rings. The van der Waals surface area contributed by atoms with Crippen LogP contribution in [0.2, 0.25) is 0 Å². The molecule has 1 aromatic heterocycles. The van der Waals surface area contributed by atoms with Gasteiger partial charge >= 0.3 is 0 Å². The Morgan fingerprint density at radius 3 is 2.15 bits per heavy atom. The zero-order valence-corrected chi connectivity index (χ0v) is 14.0. The molecule has 3 rings (SSSR count). The summed E-state index contributed by atoms with van der Waals surface area (Å²) in [5.74, 6) is -0.932. The summed E-state index contributed by atoms with van der Waals surface area (Å²) in [5.41, 5.74) is 3.27. The van der Waals surface area contributed by atoms with Gasteiger partial charge in [-0.05, 0) is 37.3 Å². The highest BCUT2D eigenvalue weighted by Crippen LogP contribution is 2.29. The quantitative estimate of drug-likeness (QED) is 0.679. The van der Waals surface area contributed by atoms with Crippen LogP contribution in [0.1, 0.15) is 42.8 Å². The maximum absolute atomic E-state index is 14.2. The molecule has 0 aliphatic heterocycles. The normalized spacial score (nSPS) is 12.9. The zero-order chi connectivity index (χ0) is 19.9. The summed E-state index contributed by atoms with van der Waals surface area (Å²) in [4.78, 5) is 17.0. The molecule has 0 amide bonds. The van der Waals surface area contributed by atoms with Crippen LogP contribution < -0.4 is 11.3 Å². The molecule has 2 aromatic carbocycles. The van der Waals surface area contributed by atoms with E-state index >= 15 is 0 Å². The molecule has 2 N–H and O–H groups in total. The van der Waals surface area contributed by atoms with Crippen LogP contribution in [-0.4, -0.2) is 9.55 Å². The highest BCUT2D eigenvalue weighted by atomic mass is 19.3. The smallest absolute Gasteiger partial charge is 0.269 e. The molecular formula is C18H14F5N3O. The molecule has 0 spiro atoms. The maximum Gasteiger partial charge on any atom is 0.269 e. The van der Waals surface area contributed by atoms with Gasteiger partial charge < -0.3 is 5.73 Å². The van der Waals surface area contributed by atoms with Crippen LogP contribution >= 0.6 is 0 Å². The van der Waals surface area contributed by atoms with Crippen LogP contribution in [-0.2, 0) is 0 Å². The molecule has 0 bridgehead atoms. The first-order chi connectivity index (χ1) is 12.7. The summed E-state index contributed by atoms with van der Waals surface area (Å²) in [6, 6.07) is 5.38. The number of alkyl halides is 4. The average Bonchev–Trinajstić information content (AvgIpc) is 2.60. The van der Waals surface area contributed by atoms with Crippen molar-refractivity contribution in [1.29, 1.82) is 0 Å². The SMILES string of the molecule is CC(N)c1nc2cccc(F)c2c(=O)n1-c1cc(C(F)F)cc(C(F)F)c1. The van der Waals surface area contributed by atoms with Crippen LogP contribution in [0.15, 0.2) is 41.2 Å². The van der Waals surface area contributed by atoms with Gasteiger partial charge in [0.1, 0.15) is 17.0 Å². The van der Waals surface area contributed by atoms with Crippen LogP contribution in [0, 0.1) is 5.82 Å². The third-order valence-electron chi connectivity index (χ3n) is 4.00. The Bertz CT molecular complexity index is 1040. The minimum atomic E-state index is -3.04. The van der Waals surface area contributed by atoms with Gasteiger partial charge in [0, 0.05) is 11.1 Å². The van der Waals surface area contributed by atoms with Gasteiger partial charge in [0.15, 0.2) is 0 Å². The van der Waals surface area contributed by atoms with E-state index in [9.17, 15) is 26.7 Å². The maximum atomic E-state index is 14.2. The number of aromatic nitrogens is 2.